The lowest BCUT2D eigenvalue weighted by Crippen LogP contribution is -2.29. The van der Waals surface area contributed by atoms with Gasteiger partial charge in [-0.05, 0) is 61.4 Å². The number of nitrogens with one attached hydrogen (secondary N) is 1. The first kappa shape index (κ1) is 20.8. The lowest BCUT2D eigenvalue weighted by molar-refractivity contribution is 0.246. The molecule has 2 fully saturated rings. The molecule has 0 amide bonds. The largest absolute Gasteiger partial charge is 0.507 e. The van der Waals surface area contributed by atoms with Crippen molar-refractivity contribution in [2.45, 2.75) is 57.3 Å². The van der Waals surface area contributed by atoms with Crippen LogP contribution in [0.25, 0.3) is 11.3 Å². The fourth-order valence-corrected chi connectivity index (χ4v) is 4.89. The van der Waals surface area contributed by atoms with Gasteiger partial charge >= 0.3 is 0 Å². The van der Waals surface area contributed by atoms with Crippen molar-refractivity contribution in [1.82, 2.24) is 10.3 Å². The number of piperidine rings is 1. The van der Waals surface area contributed by atoms with E-state index in [-0.39, 0.29) is 5.75 Å². The Balaban J connectivity index is 1.59. The van der Waals surface area contributed by atoms with Gasteiger partial charge in [0.25, 0.3) is 0 Å². The van der Waals surface area contributed by atoms with E-state index in [1.807, 2.05) is 12.1 Å². The third kappa shape index (κ3) is 4.64. The predicted molar refractivity (Wildman–Crippen MR) is 122 cm³/mol. The molecular formula is C24H34N4O2. The fourth-order valence-electron chi connectivity index (χ4n) is 4.89. The summed E-state index contributed by atoms with van der Waals surface area (Å²) < 4.78 is 6.15. The Morgan fingerprint density at radius 1 is 1.10 bits per heavy atom. The number of hydrogen-bond acceptors (Lipinski definition) is 6. The second kappa shape index (κ2) is 9.56. The summed E-state index contributed by atoms with van der Waals surface area (Å²) in [6.45, 7) is 2.55. The number of nitrogens with two attached hydrogens (primary N) is 2. The number of aromatic hydroxyl groups is 1. The van der Waals surface area contributed by atoms with Crippen molar-refractivity contribution in [1.29, 1.82) is 0 Å². The van der Waals surface area contributed by atoms with E-state index in [1.165, 1.54) is 32.1 Å². The molecule has 2 aromatic rings. The molecule has 1 atom stereocenters. The first-order valence-corrected chi connectivity index (χ1v) is 11.3. The number of hydrogen-bond donors (Lipinski definition) is 4. The van der Waals surface area contributed by atoms with Gasteiger partial charge in [0.05, 0.1) is 23.6 Å². The van der Waals surface area contributed by atoms with E-state index < -0.39 is 0 Å². The SMILES string of the molecule is Nc1nc(-c2c(O)cccc2OCCC2CCCCC2)cc(C2CCCNC2)c1N. The molecule has 6 N–H and O–H groups in total. The summed E-state index contributed by atoms with van der Waals surface area (Å²) in [5.41, 5.74) is 15.2. The minimum Gasteiger partial charge on any atom is -0.507 e. The van der Waals surface area contributed by atoms with E-state index in [2.05, 4.69) is 10.3 Å². The summed E-state index contributed by atoms with van der Waals surface area (Å²) in [7, 11) is 0. The van der Waals surface area contributed by atoms with Crippen molar-refractivity contribution >= 4 is 11.5 Å². The highest BCUT2D eigenvalue weighted by molar-refractivity contribution is 5.78. The van der Waals surface area contributed by atoms with Crippen molar-refractivity contribution in [3.63, 3.8) is 0 Å². The van der Waals surface area contributed by atoms with Crippen LogP contribution in [-0.2, 0) is 0 Å². The Morgan fingerprint density at radius 3 is 2.70 bits per heavy atom. The third-order valence-corrected chi connectivity index (χ3v) is 6.63. The molecule has 162 valence electrons. The molecule has 1 saturated carbocycles. The highest BCUT2D eigenvalue weighted by atomic mass is 16.5. The summed E-state index contributed by atoms with van der Waals surface area (Å²) in [6, 6.07) is 7.35. The monoisotopic (exact) mass is 410 g/mol. The Bertz CT molecular complexity index is 859. The summed E-state index contributed by atoms with van der Waals surface area (Å²) in [5, 5.41) is 14.1. The Morgan fingerprint density at radius 2 is 1.93 bits per heavy atom. The van der Waals surface area contributed by atoms with Crippen LogP contribution in [0.2, 0.25) is 0 Å². The van der Waals surface area contributed by atoms with Crippen LogP contribution in [0.1, 0.15) is 62.8 Å². The van der Waals surface area contributed by atoms with Crippen molar-refractivity contribution in [3.05, 3.63) is 29.8 Å². The quantitative estimate of drug-likeness (QED) is 0.561. The van der Waals surface area contributed by atoms with Gasteiger partial charge in [0, 0.05) is 6.54 Å². The van der Waals surface area contributed by atoms with E-state index >= 15 is 0 Å². The normalized spacial score (nSPS) is 20.2. The van der Waals surface area contributed by atoms with Crippen LogP contribution in [0.5, 0.6) is 11.5 Å². The summed E-state index contributed by atoms with van der Waals surface area (Å²) >= 11 is 0. The van der Waals surface area contributed by atoms with Crippen LogP contribution in [0.4, 0.5) is 11.5 Å². The van der Waals surface area contributed by atoms with Gasteiger partial charge in [-0.15, -0.1) is 0 Å². The van der Waals surface area contributed by atoms with Gasteiger partial charge in [-0.2, -0.15) is 0 Å². The number of aromatic nitrogens is 1. The first-order chi connectivity index (χ1) is 14.6. The molecule has 1 aliphatic carbocycles. The van der Waals surface area contributed by atoms with Crippen LogP contribution in [0, 0.1) is 5.92 Å². The zero-order chi connectivity index (χ0) is 20.9. The highest BCUT2D eigenvalue weighted by Gasteiger charge is 2.23. The number of rotatable bonds is 6. The molecule has 2 aliphatic rings. The number of pyridine rings is 1. The Labute approximate surface area is 179 Å². The topological polar surface area (TPSA) is 106 Å². The standard InChI is InChI=1S/C24H34N4O2/c25-23-18(17-8-5-12-27-15-17)14-19(28-24(23)26)22-20(29)9-4-10-21(22)30-13-11-16-6-2-1-3-7-16/h4,9-10,14,16-17,27,29H,1-3,5-8,11-13,15,25H2,(H2,26,28). The van der Waals surface area contributed by atoms with Crippen LogP contribution in [0.15, 0.2) is 24.3 Å². The molecule has 6 heteroatoms. The number of phenolic OH excluding ortho intramolecular Hbond substituents is 1. The number of ether oxygens (including phenoxy) is 1. The molecule has 30 heavy (non-hydrogen) atoms. The van der Waals surface area contributed by atoms with Crippen LogP contribution >= 0.6 is 0 Å². The number of nitrogen functional groups attached to an aromatic ring is 2. The van der Waals surface area contributed by atoms with Gasteiger partial charge in [-0.1, -0.05) is 38.2 Å². The molecule has 2 heterocycles. The maximum absolute atomic E-state index is 10.6. The highest BCUT2D eigenvalue weighted by Crippen LogP contribution is 2.41. The predicted octanol–water partition coefficient (Wildman–Crippen LogP) is 4.43. The second-order valence-electron chi connectivity index (χ2n) is 8.73. The molecule has 1 aromatic heterocycles. The number of anilines is 2. The molecule has 4 rings (SSSR count). The summed E-state index contributed by atoms with van der Waals surface area (Å²) in [4.78, 5) is 4.51. The summed E-state index contributed by atoms with van der Waals surface area (Å²) in [5.74, 6) is 2.15. The fraction of sp³-hybridized carbons (Fsp3) is 0.542. The van der Waals surface area contributed by atoms with Gasteiger partial charge < -0.3 is 26.6 Å². The number of nitrogens with zero attached hydrogens (tertiary/aromatic N) is 1. The van der Waals surface area contributed by atoms with E-state index in [9.17, 15) is 5.11 Å². The van der Waals surface area contributed by atoms with Crippen molar-refractivity contribution in [2.24, 2.45) is 5.92 Å². The molecule has 6 nitrogen and oxygen atoms in total. The molecular weight excluding hydrogens is 376 g/mol. The van der Waals surface area contributed by atoms with Crippen LogP contribution in [-0.4, -0.2) is 29.8 Å². The zero-order valence-corrected chi connectivity index (χ0v) is 17.7. The molecule has 1 aromatic carbocycles. The molecule has 1 aliphatic heterocycles. The maximum Gasteiger partial charge on any atom is 0.147 e. The van der Waals surface area contributed by atoms with E-state index in [0.717, 1.165) is 43.8 Å². The molecule has 1 unspecified atom stereocenters. The molecule has 0 bridgehead atoms. The Kier molecular flexibility index (Phi) is 6.62. The van der Waals surface area contributed by atoms with Crippen molar-refractivity contribution < 1.29 is 9.84 Å². The molecule has 0 radical (unpaired) electrons. The van der Waals surface area contributed by atoms with E-state index in [1.54, 1.807) is 12.1 Å². The van der Waals surface area contributed by atoms with E-state index in [0.29, 0.717) is 41.0 Å². The smallest absolute Gasteiger partial charge is 0.147 e. The number of benzene rings is 1. The van der Waals surface area contributed by atoms with Crippen molar-refractivity contribution in [2.75, 3.05) is 31.2 Å². The molecule has 0 spiro atoms. The third-order valence-electron chi connectivity index (χ3n) is 6.63. The summed E-state index contributed by atoms with van der Waals surface area (Å²) in [6.07, 6.45) is 9.82. The minimum absolute atomic E-state index is 0.148. The van der Waals surface area contributed by atoms with Crippen molar-refractivity contribution in [3.8, 4) is 22.8 Å². The maximum atomic E-state index is 10.6. The lowest BCUT2D eigenvalue weighted by atomic mass is 9.87. The van der Waals surface area contributed by atoms with Gasteiger partial charge in [-0.3, -0.25) is 0 Å². The Hall–Kier alpha value is -2.47. The molecule has 1 saturated heterocycles. The number of phenols is 1. The van der Waals surface area contributed by atoms with Gasteiger partial charge in [0.1, 0.15) is 17.3 Å². The van der Waals surface area contributed by atoms with Gasteiger partial charge in [0.15, 0.2) is 0 Å². The second-order valence-corrected chi connectivity index (χ2v) is 8.73. The van der Waals surface area contributed by atoms with Crippen LogP contribution < -0.4 is 21.5 Å². The van der Waals surface area contributed by atoms with Crippen LogP contribution in [0.3, 0.4) is 0 Å². The first-order valence-electron chi connectivity index (χ1n) is 11.3. The van der Waals surface area contributed by atoms with E-state index in [4.69, 9.17) is 16.2 Å². The van der Waals surface area contributed by atoms with Gasteiger partial charge in [-0.25, -0.2) is 4.98 Å². The average Bonchev–Trinajstić information content (AvgIpc) is 2.77. The van der Waals surface area contributed by atoms with Gasteiger partial charge in [0.2, 0.25) is 0 Å². The lowest BCUT2D eigenvalue weighted by Gasteiger charge is -2.25. The zero-order valence-electron chi connectivity index (χ0n) is 17.7. The minimum atomic E-state index is 0.148. The average molecular weight is 411 g/mol.